The number of nitrogens with one attached hydrogen (secondary N) is 1. The number of para-hydroxylation sites is 1. The van der Waals surface area contributed by atoms with Gasteiger partial charge in [0.25, 0.3) is 0 Å². The zero-order valence-corrected chi connectivity index (χ0v) is 20.1. The van der Waals surface area contributed by atoms with Crippen LogP contribution in [0, 0.1) is 0 Å². The summed E-state index contributed by atoms with van der Waals surface area (Å²) >= 11 is 8.20. The van der Waals surface area contributed by atoms with Crippen LogP contribution in [-0.2, 0) is 12.2 Å². The molecule has 0 bridgehead atoms. The standard InChI is InChI=1S/C24H26ClN5O2S/c1-14(30-12-17(28-29-30)5-4-10-26)18-6-3-7-19-21(23(24(31)32)27-22(18)19)15-8-9-16(13-33-2)20(25)11-15/h3,6-9,11-12,14,27H,4-5,10,13,26H2,1-2H3,(H,31,32). The molecule has 33 heavy (non-hydrogen) atoms. The highest BCUT2D eigenvalue weighted by molar-refractivity contribution is 7.97. The number of hydrogen-bond acceptors (Lipinski definition) is 5. The van der Waals surface area contributed by atoms with Gasteiger partial charge >= 0.3 is 5.97 Å². The van der Waals surface area contributed by atoms with Gasteiger partial charge in [-0.3, -0.25) is 0 Å². The van der Waals surface area contributed by atoms with Gasteiger partial charge in [0.2, 0.25) is 0 Å². The number of thioether (sulfide) groups is 1. The fraction of sp³-hybridized carbons (Fsp3) is 0.292. The molecule has 0 aliphatic rings. The maximum Gasteiger partial charge on any atom is 0.352 e. The molecule has 0 saturated carbocycles. The van der Waals surface area contributed by atoms with E-state index in [0.717, 1.165) is 51.9 Å². The first-order chi connectivity index (χ1) is 15.9. The van der Waals surface area contributed by atoms with Crippen LogP contribution < -0.4 is 5.73 Å². The molecule has 0 amide bonds. The number of nitrogens with two attached hydrogens (primary N) is 1. The van der Waals surface area contributed by atoms with E-state index in [4.69, 9.17) is 17.3 Å². The Labute approximate surface area is 201 Å². The Hall–Kier alpha value is -2.81. The molecule has 9 heteroatoms. The van der Waals surface area contributed by atoms with Crippen molar-refractivity contribution in [2.75, 3.05) is 12.8 Å². The van der Waals surface area contributed by atoms with Crippen molar-refractivity contribution in [3.05, 3.63) is 70.1 Å². The fourth-order valence-corrected chi connectivity index (χ4v) is 4.96. The zero-order valence-electron chi connectivity index (χ0n) is 18.5. The summed E-state index contributed by atoms with van der Waals surface area (Å²) in [6, 6.07) is 11.4. The summed E-state index contributed by atoms with van der Waals surface area (Å²) in [6.45, 7) is 2.62. The number of aromatic carboxylic acids is 1. The lowest BCUT2D eigenvalue weighted by molar-refractivity contribution is 0.0692. The summed E-state index contributed by atoms with van der Waals surface area (Å²) in [4.78, 5) is 15.3. The number of carbonyl (C=O) groups is 1. The minimum atomic E-state index is -1.02. The van der Waals surface area contributed by atoms with Gasteiger partial charge in [-0.05, 0) is 49.8 Å². The summed E-state index contributed by atoms with van der Waals surface area (Å²) in [5, 5.41) is 20.0. The maximum atomic E-state index is 12.2. The van der Waals surface area contributed by atoms with Crippen molar-refractivity contribution in [2.24, 2.45) is 5.73 Å². The number of aromatic nitrogens is 4. The van der Waals surface area contributed by atoms with E-state index in [2.05, 4.69) is 15.3 Å². The summed E-state index contributed by atoms with van der Waals surface area (Å²) in [7, 11) is 0. The van der Waals surface area contributed by atoms with Gasteiger partial charge in [0.1, 0.15) is 5.69 Å². The molecule has 2 heterocycles. The van der Waals surface area contributed by atoms with E-state index in [9.17, 15) is 9.90 Å². The second-order valence-corrected chi connectivity index (χ2v) is 9.22. The number of carboxylic acids is 1. The van der Waals surface area contributed by atoms with Crippen molar-refractivity contribution >= 4 is 40.2 Å². The van der Waals surface area contributed by atoms with Crippen molar-refractivity contribution in [2.45, 2.75) is 31.6 Å². The Balaban J connectivity index is 1.81. The minimum Gasteiger partial charge on any atom is -0.477 e. The zero-order chi connectivity index (χ0) is 23.5. The molecule has 1 unspecified atom stereocenters. The number of hydrogen-bond donors (Lipinski definition) is 3. The van der Waals surface area contributed by atoms with Gasteiger partial charge in [-0.15, -0.1) is 5.10 Å². The van der Waals surface area contributed by atoms with Crippen LogP contribution in [0.3, 0.4) is 0 Å². The first-order valence-electron chi connectivity index (χ1n) is 10.7. The van der Waals surface area contributed by atoms with Gasteiger partial charge in [0, 0.05) is 33.5 Å². The Morgan fingerprint density at radius 1 is 1.33 bits per heavy atom. The van der Waals surface area contributed by atoms with Gasteiger partial charge in [-0.1, -0.05) is 47.1 Å². The quantitative estimate of drug-likeness (QED) is 0.304. The third-order valence-corrected chi connectivity index (χ3v) is 6.71. The normalized spacial score (nSPS) is 12.4. The molecule has 1 atom stereocenters. The van der Waals surface area contributed by atoms with Crippen molar-refractivity contribution in [1.29, 1.82) is 0 Å². The average molecular weight is 484 g/mol. The van der Waals surface area contributed by atoms with Crippen LogP contribution in [0.1, 0.15) is 46.7 Å². The number of fused-ring (bicyclic) bond motifs is 1. The molecule has 0 radical (unpaired) electrons. The molecule has 4 rings (SSSR count). The SMILES string of the molecule is CSCc1ccc(-c2c(C(=O)O)[nH]c3c(C(C)n4cc(CCCN)nn4)cccc23)cc1Cl. The van der Waals surface area contributed by atoms with Crippen molar-refractivity contribution in [3.63, 3.8) is 0 Å². The number of aryl methyl sites for hydroxylation is 1. The average Bonchev–Trinajstić information content (AvgIpc) is 3.43. The molecule has 2 aromatic heterocycles. The summed E-state index contributed by atoms with van der Waals surface area (Å²) in [5.74, 6) is -0.222. The number of aromatic amines is 1. The monoisotopic (exact) mass is 483 g/mol. The van der Waals surface area contributed by atoms with Crippen LogP contribution in [0.5, 0.6) is 0 Å². The number of halogens is 1. The summed E-state index contributed by atoms with van der Waals surface area (Å²) < 4.78 is 1.80. The second kappa shape index (κ2) is 9.99. The highest BCUT2D eigenvalue weighted by atomic mass is 35.5. The Morgan fingerprint density at radius 3 is 2.85 bits per heavy atom. The Bertz CT molecular complexity index is 1300. The number of nitrogens with zero attached hydrogens (tertiary/aromatic N) is 3. The fourth-order valence-electron chi connectivity index (χ4n) is 4.07. The van der Waals surface area contributed by atoms with Crippen molar-refractivity contribution < 1.29 is 9.90 Å². The molecule has 0 aliphatic carbocycles. The molecule has 4 N–H and O–H groups in total. The number of rotatable bonds is 9. The van der Waals surface area contributed by atoms with Gasteiger partial charge < -0.3 is 15.8 Å². The largest absolute Gasteiger partial charge is 0.477 e. The number of H-pyrrole nitrogens is 1. The molecule has 2 aromatic carbocycles. The Morgan fingerprint density at radius 2 is 2.15 bits per heavy atom. The molecule has 0 aliphatic heterocycles. The highest BCUT2D eigenvalue weighted by Gasteiger charge is 2.23. The molecule has 0 fully saturated rings. The Kier molecular flexibility index (Phi) is 7.07. The lowest BCUT2D eigenvalue weighted by Gasteiger charge is -2.13. The smallest absolute Gasteiger partial charge is 0.352 e. The van der Waals surface area contributed by atoms with Crippen LogP contribution >= 0.6 is 23.4 Å². The predicted molar refractivity (Wildman–Crippen MR) is 134 cm³/mol. The van der Waals surface area contributed by atoms with E-state index in [1.165, 1.54) is 0 Å². The second-order valence-electron chi connectivity index (χ2n) is 7.95. The van der Waals surface area contributed by atoms with E-state index in [0.29, 0.717) is 17.1 Å². The minimum absolute atomic E-state index is 0.139. The van der Waals surface area contributed by atoms with Crippen LogP contribution in [0.15, 0.2) is 42.6 Å². The molecular weight excluding hydrogens is 458 g/mol. The number of benzene rings is 2. The van der Waals surface area contributed by atoms with Crippen LogP contribution in [0.2, 0.25) is 5.02 Å². The summed E-state index contributed by atoms with van der Waals surface area (Å²) in [5.41, 5.74) is 10.7. The lowest BCUT2D eigenvalue weighted by atomic mass is 9.98. The van der Waals surface area contributed by atoms with E-state index in [1.807, 2.05) is 55.8 Å². The highest BCUT2D eigenvalue weighted by Crippen LogP contribution is 2.38. The van der Waals surface area contributed by atoms with E-state index < -0.39 is 5.97 Å². The third-order valence-electron chi connectivity index (χ3n) is 5.76. The molecule has 172 valence electrons. The van der Waals surface area contributed by atoms with Crippen LogP contribution in [-0.4, -0.2) is 43.9 Å². The van der Waals surface area contributed by atoms with Gasteiger partial charge in [0.05, 0.1) is 17.3 Å². The molecule has 0 spiro atoms. The van der Waals surface area contributed by atoms with Gasteiger partial charge in [-0.25, -0.2) is 9.48 Å². The topological polar surface area (TPSA) is 110 Å². The summed E-state index contributed by atoms with van der Waals surface area (Å²) in [6.07, 6.45) is 5.57. The third kappa shape index (κ3) is 4.64. The first kappa shape index (κ1) is 23.4. The lowest BCUT2D eigenvalue weighted by Crippen LogP contribution is -2.08. The molecule has 4 aromatic rings. The van der Waals surface area contributed by atoms with E-state index in [-0.39, 0.29) is 11.7 Å². The van der Waals surface area contributed by atoms with Crippen molar-refractivity contribution in [3.8, 4) is 11.1 Å². The van der Waals surface area contributed by atoms with Gasteiger partial charge in [-0.2, -0.15) is 11.8 Å². The number of carboxylic acid groups (broad SMARTS) is 1. The van der Waals surface area contributed by atoms with Gasteiger partial charge in [0.15, 0.2) is 0 Å². The molecule has 0 saturated heterocycles. The van der Waals surface area contributed by atoms with Crippen LogP contribution in [0.25, 0.3) is 22.0 Å². The van der Waals surface area contributed by atoms with Crippen LogP contribution in [0.4, 0.5) is 0 Å². The maximum absolute atomic E-state index is 12.2. The first-order valence-corrected chi connectivity index (χ1v) is 12.5. The van der Waals surface area contributed by atoms with Crippen molar-refractivity contribution in [1.82, 2.24) is 20.0 Å². The molecule has 7 nitrogen and oxygen atoms in total. The van der Waals surface area contributed by atoms with E-state index in [1.54, 1.807) is 16.4 Å². The predicted octanol–water partition coefficient (Wildman–Crippen LogP) is 5.14. The van der Waals surface area contributed by atoms with E-state index >= 15 is 0 Å². The molecular formula is C24H26ClN5O2S.